The van der Waals surface area contributed by atoms with E-state index in [0.29, 0.717) is 29.7 Å². The molecule has 1 atom stereocenters. The molecule has 0 aliphatic carbocycles. The number of hydrogen-bond donors (Lipinski definition) is 1. The van der Waals surface area contributed by atoms with Crippen LogP contribution in [0.1, 0.15) is 30.1 Å². The van der Waals surface area contributed by atoms with E-state index in [9.17, 15) is 13.2 Å². The van der Waals surface area contributed by atoms with Crippen molar-refractivity contribution >= 4 is 43.2 Å². The Kier molecular flexibility index (Phi) is 6.20. The van der Waals surface area contributed by atoms with E-state index in [1.807, 2.05) is 29.6 Å². The second-order valence-electron chi connectivity index (χ2n) is 8.65. The van der Waals surface area contributed by atoms with Crippen molar-refractivity contribution in [3.8, 4) is 11.3 Å². The maximum atomic E-state index is 13.0. The van der Waals surface area contributed by atoms with Crippen LogP contribution in [0.2, 0.25) is 0 Å². The van der Waals surface area contributed by atoms with Crippen molar-refractivity contribution in [1.82, 2.24) is 9.29 Å². The van der Waals surface area contributed by atoms with Crippen molar-refractivity contribution in [2.45, 2.75) is 24.7 Å². The number of sulfonamides is 1. The highest BCUT2D eigenvalue weighted by atomic mass is 32.2. The molecule has 5 rings (SSSR count). The van der Waals surface area contributed by atoms with E-state index in [4.69, 9.17) is 0 Å². The third-order valence-corrected chi connectivity index (χ3v) is 8.80. The lowest BCUT2D eigenvalue weighted by Gasteiger charge is -2.30. The summed E-state index contributed by atoms with van der Waals surface area (Å²) in [7, 11) is -3.55. The molecule has 174 valence electrons. The number of fused-ring (bicyclic) bond motifs is 1. The molecule has 1 fully saturated rings. The van der Waals surface area contributed by atoms with Crippen molar-refractivity contribution in [2.75, 3.05) is 18.4 Å². The number of nitrogens with zero attached hydrogens (tertiary/aromatic N) is 2. The van der Waals surface area contributed by atoms with Crippen molar-refractivity contribution in [3.05, 3.63) is 77.7 Å². The van der Waals surface area contributed by atoms with Crippen LogP contribution in [-0.4, -0.2) is 36.7 Å². The molecule has 8 heteroatoms. The van der Waals surface area contributed by atoms with Gasteiger partial charge in [-0.3, -0.25) is 10.1 Å². The molecule has 0 radical (unpaired) electrons. The Morgan fingerprint density at radius 1 is 1.06 bits per heavy atom. The van der Waals surface area contributed by atoms with Gasteiger partial charge in [-0.15, -0.1) is 11.3 Å². The van der Waals surface area contributed by atoms with Gasteiger partial charge in [-0.05, 0) is 53.8 Å². The van der Waals surface area contributed by atoms with Gasteiger partial charge >= 0.3 is 0 Å². The topological polar surface area (TPSA) is 79.4 Å². The van der Waals surface area contributed by atoms with Gasteiger partial charge in [0, 0.05) is 29.6 Å². The van der Waals surface area contributed by atoms with Crippen LogP contribution in [0.3, 0.4) is 0 Å². The quantitative estimate of drug-likeness (QED) is 0.392. The number of nitrogens with one attached hydrogen (secondary N) is 1. The van der Waals surface area contributed by atoms with Gasteiger partial charge in [0.05, 0.1) is 10.6 Å². The van der Waals surface area contributed by atoms with E-state index in [0.717, 1.165) is 34.9 Å². The Balaban J connectivity index is 1.31. The number of carbonyl (C=O) groups is 1. The number of amides is 1. The van der Waals surface area contributed by atoms with Gasteiger partial charge in [-0.1, -0.05) is 49.4 Å². The van der Waals surface area contributed by atoms with Crippen molar-refractivity contribution in [2.24, 2.45) is 5.92 Å². The van der Waals surface area contributed by atoms with Gasteiger partial charge in [0.15, 0.2) is 5.13 Å². The third-order valence-electron chi connectivity index (χ3n) is 6.16. The first kappa shape index (κ1) is 22.7. The molecule has 2 heterocycles. The average molecular weight is 492 g/mol. The molecule has 6 nitrogen and oxygen atoms in total. The molecule has 1 saturated heterocycles. The Morgan fingerprint density at radius 3 is 2.62 bits per heavy atom. The van der Waals surface area contributed by atoms with Crippen LogP contribution in [0.25, 0.3) is 22.0 Å². The molecule has 1 amide bonds. The van der Waals surface area contributed by atoms with Crippen molar-refractivity contribution in [3.63, 3.8) is 0 Å². The van der Waals surface area contributed by atoms with E-state index in [-0.39, 0.29) is 10.8 Å². The molecule has 0 spiro atoms. The second kappa shape index (κ2) is 9.29. The molecule has 1 unspecified atom stereocenters. The summed E-state index contributed by atoms with van der Waals surface area (Å²) in [6.45, 7) is 3.14. The molecular formula is C26H25N3O3S2. The number of thiazole rings is 1. The van der Waals surface area contributed by atoms with E-state index in [1.54, 1.807) is 16.4 Å². The van der Waals surface area contributed by atoms with Crippen LogP contribution < -0.4 is 5.32 Å². The standard InChI is InChI=1S/C26H25N3O3S2/c1-18-6-5-15-29(16-18)34(31,32)21-13-11-20(12-14-21)25(30)28-26-27-24(17-33-26)23-10-4-8-19-7-2-3-9-22(19)23/h2-4,7-14,17-18H,5-6,15-16H2,1H3,(H,27,28,30). The summed E-state index contributed by atoms with van der Waals surface area (Å²) < 4.78 is 27.4. The van der Waals surface area contributed by atoms with Crippen LogP contribution in [0.4, 0.5) is 5.13 Å². The zero-order valence-electron chi connectivity index (χ0n) is 18.8. The van der Waals surface area contributed by atoms with Crippen LogP contribution in [0.5, 0.6) is 0 Å². The molecule has 1 aliphatic heterocycles. The lowest BCUT2D eigenvalue weighted by atomic mass is 10.0. The number of rotatable bonds is 5. The molecule has 34 heavy (non-hydrogen) atoms. The molecule has 1 N–H and O–H groups in total. The lowest BCUT2D eigenvalue weighted by Crippen LogP contribution is -2.39. The van der Waals surface area contributed by atoms with Crippen LogP contribution in [-0.2, 0) is 10.0 Å². The van der Waals surface area contributed by atoms with E-state index in [2.05, 4.69) is 35.4 Å². The molecule has 0 saturated carbocycles. The number of aromatic nitrogens is 1. The minimum absolute atomic E-state index is 0.214. The number of piperidine rings is 1. The molecule has 1 aromatic heterocycles. The predicted octanol–water partition coefficient (Wildman–Crippen LogP) is 5.64. The number of anilines is 1. The predicted molar refractivity (Wildman–Crippen MR) is 137 cm³/mol. The highest BCUT2D eigenvalue weighted by Gasteiger charge is 2.28. The second-order valence-corrected chi connectivity index (χ2v) is 11.4. The van der Waals surface area contributed by atoms with E-state index < -0.39 is 10.0 Å². The first-order chi connectivity index (χ1) is 16.4. The first-order valence-electron chi connectivity index (χ1n) is 11.3. The maximum Gasteiger partial charge on any atom is 0.257 e. The summed E-state index contributed by atoms with van der Waals surface area (Å²) in [5.41, 5.74) is 2.19. The first-order valence-corrected chi connectivity index (χ1v) is 13.6. The Bertz CT molecular complexity index is 1440. The fraction of sp³-hybridized carbons (Fsp3) is 0.231. The number of benzene rings is 3. The minimum Gasteiger partial charge on any atom is -0.298 e. The van der Waals surface area contributed by atoms with Crippen LogP contribution in [0, 0.1) is 5.92 Å². The highest BCUT2D eigenvalue weighted by Crippen LogP contribution is 2.31. The summed E-state index contributed by atoms with van der Waals surface area (Å²) in [4.78, 5) is 17.6. The zero-order valence-corrected chi connectivity index (χ0v) is 20.4. The van der Waals surface area contributed by atoms with Gasteiger partial charge in [-0.25, -0.2) is 13.4 Å². The fourth-order valence-corrected chi connectivity index (χ4v) is 6.67. The zero-order chi connectivity index (χ0) is 23.7. The molecule has 1 aliphatic rings. The summed E-state index contributed by atoms with van der Waals surface area (Å²) >= 11 is 1.36. The fourth-order valence-electron chi connectivity index (χ4n) is 4.36. The van der Waals surface area contributed by atoms with Gasteiger partial charge in [0.25, 0.3) is 5.91 Å². The molecule has 4 aromatic rings. The van der Waals surface area contributed by atoms with Crippen LogP contribution in [0.15, 0.2) is 77.0 Å². The minimum atomic E-state index is -3.55. The summed E-state index contributed by atoms with van der Waals surface area (Å²) in [5.74, 6) is 0.0278. The highest BCUT2D eigenvalue weighted by molar-refractivity contribution is 7.89. The Morgan fingerprint density at radius 2 is 1.82 bits per heavy atom. The lowest BCUT2D eigenvalue weighted by molar-refractivity contribution is 0.102. The molecular weight excluding hydrogens is 466 g/mol. The van der Waals surface area contributed by atoms with Gasteiger partial charge < -0.3 is 0 Å². The van der Waals surface area contributed by atoms with Crippen molar-refractivity contribution in [1.29, 1.82) is 0 Å². The smallest absolute Gasteiger partial charge is 0.257 e. The summed E-state index contributed by atoms with van der Waals surface area (Å²) in [5, 5.41) is 7.49. The average Bonchev–Trinajstić information content (AvgIpc) is 3.32. The number of carbonyl (C=O) groups excluding carboxylic acids is 1. The SMILES string of the molecule is CC1CCCN(S(=O)(=O)c2ccc(C(=O)Nc3nc(-c4cccc5ccccc45)cs3)cc2)C1. The Labute approximate surface area is 203 Å². The van der Waals surface area contributed by atoms with Gasteiger partial charge in [0.1, 0.15) is 0 Å². The van der Waals surface area contributed by atoms with Gasteiger partial charge in [-0.2, -0.15) is 4.31 Å². The van der Waals surface area contributed by atoms with Crippen molar-refractivity contribution < 1.29 is 13.2 Å². The largest absolute Gasteiger partial charge is 0.298 e. The molecule has 0 bridgehead atoms. The summed E-state index contributed by atoms with van der Waals surface area (Å²) in [6, 6.07) is 20.3. The third kappa shape index (κ3) is 4.49. The van der Waals surface area contributed by atoms with E-state index in [1.165, 1.54) is 23.5 Å². The monoisotopic (exact) mass is 491 g/mol. The summed E-state index contributed by atoms with van der Waals surface area (Å²) in [6.07, 6.45) is 1.92. The van der Waals surface area contributed by atoms with Gasteiger partial charge in [0.2, 0.25) is 10.0 Å². The Hall–Kier alpha value is -3.07. The normalized spacial score (nSPS) is 17.0. The molecule has 3 aromatic carbocycles. The number of hydrogen-bond acceptors (Lipinski definition) is 5. The maximum absolute atomic E-state index is 13.0. The van der Waals surface area contributed by atoms with E-state index >= 15 is 0 Å². The van der Waals surface area contributed by atoms with Crippen LogP contribution >= 0.6 is 11.3 Å².